The third kappa shape index (κ3) is 3.33. The van der Waals surface area contributed by atoms with Crippen molar-refractivity contribution in [1.29, 1.82) is 5.26 Å². The van der Waals surface area contributed by atoms with Crippen LogP contribution in [0.25, 0.3) is 0 Å². The van der Waals surface area contributed by atoms with Crippen LogP contribution in [-0.4, -0.2) is 13.4 Å². The summed E-state index contributed by atoms with van der Waals surface area (Å²) < 4.78 is 26.8. The van der Waals surface area contributed by atoms with Gasteiger partial charge < -0.3 is 0 Å². The summed E-state index contributed by atoms with van der Waals surface area (Å²) >= 11 is 0. The number of aromatic nitrogens is 1. The fraction of sp³-hybridized carbons (Fsp3) is 0.143. The Kier molecular flexibility index (Phi) is 4.01. The molecule has 6 heteroatoms. The second kappa shape index (κ2) is 5.72. The van der Waals surface area contributed by atoms with E-state index in [1.807, 2.05) is 6.07 Å². The molecule has 0 unspecified atom stereocenters. The summed E-state index contributed by atoms with van der Waals surface area (Å²) in [5.74, 6) is -0.245. The predicted octanol–water partition coefficient (Wildman–Crippen LogP) is 2.20. The van der Waals surface area contributed by atoms with Gasteiger partial charge in [-0.1, -0.05) is 18.2 Å². The van der Waals surface area contributed by atoms with Crippen molar-refractivity contribution in [3.05, 3.63) is 59.4 Å². The van der Waals surface area contributed by atoms with Crippen LogP contribution in [-0.2, 0) is 15.8 Å². The first-order chi connectivity index (χ1) is 9.52. The average molecular weight is 287 g/mol. The summed E-state index contributed by atoms with van der Waals surface area (Å²) in [6.45, 7) is 1.72. The highest BCUT2D eigenvalue weighted by Crippen LogP contribution is 2.16. The molecule has 0 amide bonds. The zero-order chi connectivity index (χ0) is 14.6. The van der Waals surface area contributed by atoms with Gasteiger partial charge in [0.05, 0.1) is 28.8 Å². The summed E-state index contributed by atoms with van der Waals surface area (Å²) in [7, 11) is -3.58. The molecular formula is C14H13N3O2S. The van der Waals surface area contributed by atoms with Crippen molar-refractivity contribution >= 4 is 15.7 Å². The van der Waals surface area contributed by atoms with Crippen molar-refractivity contribution in [3.8, 4) is 6.07 Å². The molecule has 0 atom stereocenters. The van der Waals surface area contributed by atoms with E-state index in [4.69, 9.17) is 5.26 Å². The molecule has 0 aliphatic rings. The van der Waals surface area contributed by atoms with E-state index in [0.717, 1.165) is 0 Å². The Balaban J connectivity index is 2.25. The zero-order valence-corrected chi connectivity index (χ0v) is 11.7. The van der Waals surface area contributed by atoms with Crippen LogP contribution in [0.5, 0.6) is 0 Å². The number of sulfonamides is 1. The van der Waals surface area contributed by atoms with Gasteiger partial charge in [-0.15, -0.1) is 0 Å². The normalized spacial score (nSPS) is 10.8. The van der Waals surface area contributed by atoms with Crippen LogP contribution in [0.4, 0.5) is 5.69 Å². The van der Waals surface area contributed by atoms with E-state index in [0.29, 0.717) is 22.5 Å². The van der Waals surface area contributed by atoms with Gasteiger partial charge in [-0.3, -0.25) is 9.71 Å². The minimum Gasteiger partial charge on any atom is -0.281 e. The number of anilines is 1. The van der Waals surface area contributed by atoms with Gasteiger partial charge in [-0.2, -0.15) is 5.26 Å². The highest BCUT2D eigenvalue weighted by atomic mass is 32.2. The number of hydrogen-bond donors (Lipinski definition) is 1. The van der Waals surface area contributed by atoms with E-state index in [2.05, 4.69) is 9.71 Å². The molecule has 0 bridgehead atoms. The maximum absolute atomic E-state index is 12.1. The fourth-order valence-electron chi connectivity index (χ4n) is 1.76. The summed E-state index contributed by atoms with van der Waals surface area (Å²) in [6, 6.07) is 11.9. The van der Waals surface area contributed by atoms with Crippen LogP contribution in [0.1, 0.15) is 16.8 Å². The Morgan fingerprint density at radius 3 is 2.70 bits per heavy atom. The molecule has 0 spiro atoms. The SMILES string of the molecule is Cc1ncccc1NS(=O)(=O)Cc1ccccc1C#N. The second-order valence-corrected chi connectivity index (χ2v) is 5.99. The van der Waals surface area contributed by atoms with Crippen molar-refractivity contribution in [2.45, 2.75) is 12.7 Å². The summed E-state index contributed by atoms with van der Waals surface area (Å²) in [5, 5.41) is 8.97. The molecule has 102 valence electrons. The molecule has 20 heavy (non-hydrogen) atoms. The third-order valence-corrected chi connectivity index (χ3v) is 3.98. The number of nitrogens with zero attached hydrogens (tertiary/aromatic N) is 2. The van der Waals surface area contributed by atoms with Crippen molar-refractivity contribution in [2.75, 3.05) is 4.72 Å². The van der Waals surface area contributed by atoms with Crippen molar-refractivity contribution in [1.82, 2.24) is 4.98 Å². The molecule has 1 aromatic heterocycles. The molecule has 1 heterocycles. The summed E-state index contributed by atoms with van der Waals surface area (Å²) in [6.07, 6.45) is 1.60. The Morgan fingerprint density at radius 1 is 1.25 bits per heavy atom. The van der Waals surface area contributed by atoms with Gasteiger partial charge in [0.2, 0.25) is 10.0 Å². The van der Waals surface area contributed by atoms with Gasteiger partial charge in [0.15, 0.2) is 0 Å². The lowest BCUT2D eigenvalue weighted by molar-refractivity contribution is 0.600. The highest BCUT2D eigenvalue weighted by molar-refractivity contribution is 7.91. The number of rotatable bonds is 4. The molecule has 1 aromatic carbocycles. The maximum atomic E-state index is 12.1. The largest absolute Gasteiger partial charge is 0.281 e. The number of pyridine rings is 1. The summed E-state index contributed by atoms with van der Waals surface area (Å²) in [5.41, 5.74) is 1.89. The molecule has 5 nitrogen and oxygen atoms in total. The Hall–Kier alpha value is -2.39. The van der Waals surface area contributed by atoms with Gasteiger partial charge >= 0.3 is 0 Å². The van der Waals surface area contributed by atoms with Crippen molar-refractivity contribution in [3.63, 3.8) is 0 Å². The highest BCUT2D eigenvalue weighted by Gasteiger charge is 2.15. The number of benzene rings is 1. The van der Waals surface area contributed by atoms with E-state index in [-0.39, 0.29) is 5.75 Å². The van der Waals surface area contributed by atoms with Crippen molar-refractivity contribution < 1.29 is 8.42 Å². The molecule has 0 aliphatic heterocycles. The molecule has 2 rings (SSSR count). The lowest BCUT2D eigenvalue weighted by Gasteiger charge is -2.10. The van der Waals surface area contributed by atoms with E-state index >= 15 is 0 Å². The van der Waals surface area contributed by atoms with Crippen LogP contribution in [0.2, 0.25) is 0 Å². The first-order valence-electron chi connectivity index (χ1n) is 5.92. The molecular weight excluding hydrogens is 274 g/mol. The van der Waals surface area contributed by atoms with Gasteiger partial charge in [-0.05, 0) is 30.7 Å². The van der Waals surface area contributed by atoms with Crippen LogP contribution < -0.4 is 4.72 Å². The molecule has 2 aromatic rings. The second-order valence-electron chi connectivity index (χ2n) is 4.27. The third-order valence-electron chi connectivity index (χ3n) is 2.76. The fourth-order valence-corrected chi connectivity index (χ4v) is 3.04. The minimum atomic E-state index is -3.58. The first kappa shape index (κ1) is 14.0. The van der Waals surface area contributed by atoms with Gasteiger partial charge in [-0.25, -0.2) is 8.42 Å². The van der Waals surface area contributed by atoms with Crippen LogP contribution in [0.15, 0.2) is 42.6 Å². The van der Waals surface area contributed by atoms with Crippen LogP contribution >= 0.6 is 0 Å². The predicted molar refractivity (Wildman–Crippen MR) is 76.4 cm³/mol. The standard InChI is InChI=1S/C14H13N3O2S/c1-11-14(7-4-8-16-11)17-20(18,19)10-13-6-3-2-5-12(13)9-15/h2-8,17H,10H2,1H3. The Bertz CT molecular complexity index is 764. The molecule has 0 saturated heterocycles. The Labute approximate surface area is 118 Å². The van der Waals surface area contributed by atoms with E-state index < -0.39 is 10.0 Å². The summed E-state index contributed by atoms with van der Waals surface area (Å²) in [4.78, 5) is 4.02. The molecule has 0 radical (unpaired) electrons. The van der Waals surface area contributed by atoms with Crippen LogP contribution in [0.3, 0.4) is 0 Å². The number of nitrogens with one attached hydrogen (secondary N) is 1. The smallest absolute Gasteiger partial charge is 0.237 e. The van der Waals surface area contributed by atoms with Gasteiger partial charge in [0, 0.05) is 6.20 Å². The zero-order valence-electron chi connectivity index (χ0n) is 10.9. The van der Waals surface area contributed by atoms with Gasteiger partial charge in [0.25, 0.3) is 0 Å². The van der Waals surface area contributed by atoms with Gasteiger partial charge in [0.1, 0.15) is 0 Å². The number of hydrogen-bond acceptors (Lipinski definition) is 4. The quantitative estimate of drug-likeness (QED) is 0.934. The monoisotopic (exact) mass is 287 g/mol. The Morgan fingerprint density at radius 2 is 2.00 bits per heavy atom. The van der Waals surface area contributed by atoms with Crippen LogP contribution in [0, 0.1) is 18.3 Å². The topological polar surface area (TPSA) is 82.8 Å². The number of aryl methyl sites for hydroxylation is 1. The van der Waals surface area contributed by atoms with E-state index in [1.165, 1.54) is 0 Å². The van der Waals surface area contributed by atoms with E-state index in [1.54, 1.807) is 49.5 Å². The van der Waals surface area contributed by atoms with E-state index in [9.17, 15) is 8.42 Å². The molecule has 1 N–H and O–H groups in total. The molecule has 0 aliphatic carbocycles. The first-order valence-corrected chi connectivity index (χ1v) is 7.57. The molecule has 0 saturated carbocycles. The maximum Gasteiger partial charge on any atom is 0.237 e. The van der Waals surface area contributed by atoms with Crippen molar-refractivity contribution in [2.24, 2.45) is 0 Å². The molecule has 0 fully saturated rings. The average Bonchev–Trinajstić information content (AvgIpc) is 2.41. The minimum absolute atomic E-state index is 0.245. The lowest BCUT2D eigenvalue weighted by Crippen LogP contribution is -2.16. The lowest BCUT2D eigenvalue weighted by atomic mass is 10.1. The number of nitriles is 1.